The van der Waals surface area contributed by atoms with E-state index < -0.39 is 0 Å². The first-order chi connectivity index (χ1) is 16.6. The van der Waals surface area contributed by atoms with Crippen molar-refractivity contribution in [2.24, 2.45) is 0 Å². The van der Waals surface area contributed by atoms with Crippen molar-refractivity contribution in [1.82, 2.24) is 14.8 Å². The second-order valence-electron chi connectivity index (χ2n) is 8.49. The van der Waals surface area contributed by atoms with Gasteiger partial charge >= 0.3 is 0 Å². The van der Waals surface area contributed by atoms with Crippen LogP contribution in [0, 0.1) is 5.82 Å². The van der Waals surface area contributed by atoms with E-state index >= 15 is 0 Å². The topological polar surface area (TPSA) is 48.9 Å². The molecule has 0 bridgehead atoms. The lowest BCUT2D eigenvalue weighted by Crippen LogP contribution is -2.48. The third-order valence-corrected chi connectivity index (χ3v) is 6.37. The summed E-state index contributed by atoms with van der Waals surface area (Å²) in [6.07, 6.45) is 5.51. The van der Waals surface area contributed by atoms with E-state index in [1.54, 1.807) is 13.2 Å². The van der Waals surface area contributed by atoms with Crippen molar-refractivity contribution < 1.29 is 13.9 Å². The summed E-state index contributed by atoms with van der Waals surface area (Å²) in [5.74, 6) is 0.217. The van der Waals surface area contributed by atoms with Gasteiger partial charge in [0, 0.05) is 56.7 Å². The molecule has 0 aliphatic carbocycles. The average molecular weight is 459 g/mol. The van der Waals surface area contributed by atoms with Crippen LogP contribution in [0.3, 0.4) is 0 Å². The molecule has 0 saturated carbocycles. The maximum Gasteiger partial charge on any atom is 0.257 e. The number of carbonyl (C=O) groups is 1. The standard InChI is InChI=1S/C27H27FN4O2/c1-34-26-17-23(32-12-4-6-20-5-2-3-7-25(20)32)10-11-24(26)27(33)31-15-13-30(14-16-31)19-22-9-8-21(28)18-29-22/h2-11,17-18H,12-16,19H2,1H3. The quantitative estimate of drug-likeness (QED) is 0.569. The number of carbonyl (C=O) groups excluding carboxylic acids is 1. The summed E-state index contributed by atoms with van der Waals surface area (Å²) in [5.41, 5.74) is 4.69. The predicted molar refractivity (Wildman–Crippen MR) is 131 cm³/mol. The summed E-state index contributed by atoms with van der Waals surface area (Å²) in [5, 5.41) is 0. The number of halogens is 1. The molecule has 5 rings (SSSR count). The second-order valence-corrected chi connectivity index (χ2v) is 8.49. The normalized spacial score (nSPS) is 15.8. The van der Waals surface area contributed by atoms with Gasteiger partial charge in [-0.05, 0) is 35.9 Å². The number of methoxy groups -OCH3 is 1. The molecule has 7 heteroatoms. The summed E-state index contributed by atoms with van der Waals surface area (Å²) in [7, 11) is 1.60. The lowest BCUT2D eigenvalue weighted by atomic mass is 10.1. The average Bonchev–Trinajstić information content (AvgIpc) is 2.89. The molecule has 2 aromatic carbocycles. The first-order valence-corrected chi connectivity index (χ1v) is 11.5. The van der Waals surface area contributed by atoms with Crippen LogP contribution in [0.2, 0.25) is 0 Å². The van der Waals surface area contributed by atoms with Crippen molar-refractivity contribution in [3.05, 3.63) is 89.5 Å². The van der Waals surface area contributed by atoms with Crippen LogP contribution in [0.4, 0.5) is 15.8 Å². The molecule has 1 amide bonds. The summed E-state index contributed by atoms with van der Waals surface area (Å²) >= 11 is 0. The monoisotopic (exact) mass is 458 g/mol. The minimum Gasteiger partial charge on any atom is -0.496 e. The Bertz CT molecular complexity index is 1200. The number of benzene rings is 2. The highest BCUT2D eigenvalue weighted by atomic mass is 19.1. The van der Waals surface area contributed by atoms with E-state index in [1.807, 2.05) is 35.2 Å². The Balaban J connectivity index is 1.27. The molecule has 0 N–H and O–H groups in total. The van der Waals surface area contributed by atoms with Gasteiger partial charge in [-0.1, -0.05) is 30.4 Å². The molecule has 3 heterocycles. The minimum absolute atomic E-state index is 0.0260. The van der Waals surface area contributed by atoms with Crippen molar-refractivity contribution in [1.29, 1.82) is 0 Å². The zero-order chi connectivity index (χ0) is 23.5. The first kappa shape index (κ1) is 22.1. The van der Waals surface area contributed by atoms with Crippen molar-refractivity contribution in [2.45, 2.75) is 6.54 Å². The van der Waals surface area contributed by atoms with Gasteiger partial charge in [-0.3, -0.25) is 14.7 Å². The molecule has 1 saturated heterocycles. The highest BCUT2D eigenvalue weighted by molar-refractivity contribution is 5.98. The van der Waals surface area contributed by atoms with E-state index in [0.29, 0.717) is 30.9 Å². The molecule has 34 heavy (non-hydrogen) atoms. The Kier molecular flexibility index (Phi) is 6.27. The van der Waals surface area contributed by atoms with Crippen LogP contribution in [-0.2, 0) is 6.54 Å². The summed E-state index contributed by atoms with van der Waals surface area (Å²) in [4.78, 5) is 23.8. The molecular formula is C27H27FN4O2. The highest BCUT2D eigenvalue weighted by Gasteiger charge is 2.25. The molecular weight excluding hydrogens is 431 g/mol. The van der Waals surface area contributed by atoms with Crippen LogP contribution in [0.15, 0.2) is 66.9 Å². The van der Waals surface area contributed by atoms with Gasteiger partial charge in [0.05, 0.1) is 24.6 Å². The lowest BCUT2D eigenvalue weighted by molar-refractivity contribution is 0.0624. The predicted octanol–water partition coefficient (Wildman–Crippen LogP) is 4.35. The van der Waals surface area contributed by atoms with E-state index in [0.717, 1.165) is 36.7 Å². The molecule has 2 aliphatic heterocycles. The number of hydrogen-bond donors (Lipinski definition) is 0. The van der Waals surface area contributed by atoms with E-state index in [-0.39, 0.29) is 11.7 Å². The fourth-order valence-corrected chi connectivity index (χ4v) is 4.54. The van der Waals surface area contributed by atoms with Gasteiger partial charge in [0.25, 0.3) is 5.91 Å². The van der Waals surface area contributed by atoms with Crippen molar-refractivity contribution in [2.75, 3.05) is 44.7 Å². The molecule has 1 fully saturated rings. The van der Waals surface area contributed by atoms with Crippen molar-refractivity contribution >= 4 is 23.4 Å². The summed E-state index contributed by atoms with van der Waals surface area (Å²) < 4.78 is 18.7. The van der Waals surface area contributed by atoms with Crippen LogP contribution in [0.25, 0.3) is 6.08 Å². The van der Waals surface area contributed by atoms with Gasteiger partial charge < -0.3 is 14.5 Å². The molecule has 0 radical (unpaired) electrons. The number of nitrogens with zero attached hydrogens (tertiary/aromatic N) is 4. The number of rotatable bonds is 5. The smallest absolute Gasteiger partial charge is 0.257 e. The largest absolute Gasteiger partial charge is 0.496 e. The second kappa shape index (κ2) is 9.65. The van der Waals surface area contributed by atoms with Gasteiger partial charge in [-0.25, -0.2) is 4.39 Å². The molecule has 0 spiro atoms. The maximum atomic E-state index is 13.3. The third-order valence-electron chi connectivity index (χ3n) is 6.37. The molecule has 2 aliphatic rings. The number of amides is 1. The van der Waals surface area contributed by atoms with Gasteiger partial charge in [0.15, 0.2) is 0 Å². The lowest BCUT2D eigenvalue weighted by Gasteiger charge is -2.35. The number of pyridine rings is 1. The molecule has 0 atom stereocenters. The third kappa shape index (κ3) is 4.52. The minimum atomic E-state index is -0.333. The fraction of sp³-hybridized carbons (Fsp3) is 0.259. The summed E-state index contributed by atoms with van der Waals surface area (Å²) in [6.45, 7) is 4.12. The van der Waals surface area contributed by atoms with Gasteiger partial charge in [0.2, 0.25) is 0 Å². The van der Waals surface area contributed by atoms with E-state index in [4.69, 9.17) is 4.74 Å². The highest BCUT2D eigenvalue weighted by Crippen LogP contribution is 2.35. The van der Waals surface area contributed by atoms with Crippen LogP contribution in [-0.4, -0.2) is 60.5 Å². The van der Waals surface area contributed by atoms with Crippen molar-refractivity contribution in [3.63, 3.8) is 0 Å². The SMILES string of the molecule is COc1cc(N2CC=Cc3ccccc32)ccc1C(=O)N1CCN(Cc2ccc(F)cn2)CC1. The first-order valence-electron chi connectivity index (χ1n) is 11.5. The molecule has 3 aromatic rings. The fourth-order valence-electron chi connectivity index (χ4n) is 4.54. The van der Waals surface area contributed by atoms with Crippen LogP contribution >= 0.6 is 0 Å². The van der Waals surface area contributed by atoms with E-state index in [1.165, 1.54) is 17.8 Å². The number of hydrogen-bond acceptors (Lipinski definition) is 5. The zero-order valence-electron chi connectivity index (χ0n) is 19.2. The Morgan fingerprint density at radius 3 is 2.65 bits per heavy atom. The summed E-state index contributed by atoms with van der Waals surface area (Å²) in [6, 6.07) is 17.2. The maximum absolute atomic E-state index is 13.3. The van der Waals surface area contributed by atoms with E-state index in [9.17, 15) is 9.18 Å². The van der Waals surface area contributed by atoms with Crippen LogP contribution in [0.5, 0.6) is 5.75 Å². The van der Waals surface area contributed by atoms with Gasteiger partial charge in [0.1, 0.15) is 11.6 Å². The Hall–Kier alpha value is -3.71. The molecule has 1 aromatic heterocycles. The van der Waals surface area contributed by atoms with E-state index in [2.05, 4.69) is 39.1 Å². The number of para-hydroxylation sites is 1. The Labute approximate surface area is 198 Å². The molecule has 174 valence electrons. The number of ether oxygens (including phenoxy) is 1. The van der Waals surface area contributed by atoms with Crippen LogP contribution < -0.4 is 9.64 Å². The van der Waals surface area contributed by atoms with Gasteiger partial charge in [-0.2, -0.15) is 0 Å². The zero-order valence-corrected chi connectivity index (χ0v) is 19.2. The van der Waals surface area contributed by atoms with Crippen molar-refractivity contribution in [3.8, 4) is 5.75 Å². The Morgan fingerprint density at radius 1 is 1.06 bits per heavy atom. The number of fused-ring (bicyclic) bond motifs is 1. The molecule has 0 unspecified atom stereocenters. The number of piperazine rings is 1. The van der Waals surface area contributed by atoms with Crippen LogP contribution in [0.1, 0.15) is 21.6 Å². The number of anilines is 2. The Morgan fingerprint density at radius 2 is 1.88 bits per heavy atom. The molecule has 6 nitrogen and oxygen atoms in total. The van der Waals surface area contributed by atoms with Gasteiger partial charge in [-0.15, -0.1) is 0 Å². The number of aromatic nitrogens is 1.